The highest BCUT2D eigenvalue weighted by molar-refractivity contribution is 5.83. The lowest BCUT2D eigenvalue weighted by atomic mass is 9.86. The van der Waals surface area contributed by atoms with Gasteiger partial charge in [-0.1, -0.05) is 0 Å². The maximum absolute atomic E-state index is 11.7. The summed E-state index contributed by atoms with van der Waals surface area (Å²) >= 11 is 0. The van der Waals surface area contributed by atoms with Crippen LogP contribution in [0.15, 0.2) is 0 Å². The van der Waals surface area contributed by atoms with E-state index >= 15 is 0 Å². The molecule has 0 bridgehead atoms. The molecular formula is C12H22N2O3. The van der Waals surface area contributed by atoms with Crippen LogP contribution >= 0.6 is 0 Å². The van der Waals surface area contributed by atoms with Crippen LogP contribution in [-0.2, 0) is 9.53 Å². The van der Waals surface area contributed by atoms with Crippen LogP contribution in [0.4, 0.5) is 4.79 Å². The third-order valence-corrected chi connectivity index (χ3v) is 2.74. The molecule has 98 valence electrons. The molecule has 5 nitrogen and oxygen atoms in total. The van der Waals surface area contributed by atoms with Crippen LogP contribution in [0.5, 0.6) is 0 Å². The van der Waals surface area contributed by atoms with Crippen molar-refractivity contribution in [3.8, 4) is 0 Å². The van der Waals surface area contributed by atoms with Crippen molar-refractivity contribution in [3.05, 3.63) is 0 Å². The van der Waals surface area contributed by atoms with E-state index in [-0.39, 0.29) is 11.8 Å². The first-order valence-electron chi connectivity index (χ1n) is 5.91. The zero-order chi connectivity index (χ0) is 13.3. The van der Waals surface area contributed by atoms with Gasteiger partial charge in [0.1, 0.15) is 5.60 Å². The second-order valence-corrected chi connectivity index (χ2v) is 5.98. The van der Waals surface area contributed by atoms with Gasteiger partial charge in [-0.2, -0.15) is 0 Å². The van der Waals surface area contributed by atoms with Crippen molar-refractivity contribution in [3.63, 3.8) is 0 Å². The highest BCUT2D eigenvalue weighted by Gasteiger charge is 2.39. The van der Waals surface area contributed by atoms with Gasteiger partial charge in [-0.15, -0.1) is 0 Å². The summed E-state index contributed by atoms with van der Waals surface area (Å²) in [6.45, 7) is 9.77. The van der Waals surface area contributed by atoms with E-state index in [2.05, 4.69) is 10.6 Å². The summed E-state index contributed by atoms with van der Waals surface area (Å²) in [4.78, 5) is 23.3. The Morgan fingerprint density at radius 1 is 1.35 bits per heavy atom. The van der Waals surface area contributed by atoms with E-state index in [1.54, 1.807) is 0 Å². The van der Waals surface area contributed by atoms with Gasteiger partial charge in [0, 0.05) is 12.1 Å². The molecule has 1 aliphatic heterocycles. The monoisotopic (exact) mass is 242 g/mol. The average Bonchev–Trinajstić information content (AvgIpc) is 2.46. The number of nitrogens with one attached hydrogen (secondary N) is 2. The van der Waals surface area contributed by atoms with Crippen LogP contribution in [0, 0.1) is 5.92 Å². The van der Waals surface area contributed by atoms with Crippen LogP contribution in [0.3, 0.4) is 0 Å². The molecule has 1 rings (SSSR count). The van der Waals surface area contributed by atoms with Gasteiger partial charge in [-0.25, -0.2) is 4.79 Å². The van der Waals surface area contributed by atoms with Crippen LogP contribution in [-0.4, -0.2) is 29.7 Å². The number of alkyl carbamates (subject to hydrolysis) is 1. The highest BCUT2D eigenvalue weighted by atomic mass is 16.6. The Hall–Kier alpha value is -1.26. The molecule has 0 radical (unpaired) electrons. The minimum atomic E-state index is -0.594. The first kappa shape index (κ1) is 13.8. The molecule has 0 spiro atoms. The molecule has 0 aromatic rings. The van der Waals surface area contributed by atoms with Crippen LogP contribution in [0.2, 0.25) is 0 Å². The summed E-state index contributed by atoms with van der Waals surface area (Å²) in [6.07, 6.45) is 0.254. The highest BCUT2D eigenvalue weighted by Crippen LogP contribution is 2.24. The smallest absolute Gasteiger partial charge is 0.408 e. The molecule has 1 unspecified atom stereocenters. The van der Waals surface area contributed by atoms with E-state index in [4.69, 9.17) is 4.74 Å². The Balaban J connectivity index is 2.60. The van der Waals surface area contributed by atoms with Gasteiger partial charge in [0.05, 0.1) is 5.92 Å². The molecule has 0 saturated carbocycles. The van der Waals surface area contributed by atoms with Crippen molar-refractivity contribution in [1.29, 1.82) is 0 Å². The molecule has 5 heteroatoms. The number of carbonyl (C=O) groups excluding carboxylic acids is 2. The fraction of sp³-hybridized carbons (Fsp3) is 0.833. The predicted molar refractivity (Wildman–Crippen MR) is 64.6 cm³/mol. The zero-order valence-electron chi connectivity index (χ0n) is 11.2. The lowest BCUT2D eigenvalue weighted by Crippen LogP contribution is -2.52. The maximum Gasteiger partial charge on any atom is 0.408 e. The number of rotatable bonds is 2. The summed E-state index contributed by atoms with van der Waals surface area (Å²) < 4.78 is 5.19. The molecule has 2 amide bonds. The molecule has 0 aliphatic carbocycles. The third kappa shape index (κ3) is 3.91. The quantitative estimate of drug-likeness (QED) is 0.769. The van der Waals surface area contributed by atoms with Gasteiger partial charge in [0.2, 0.25) is 5.91 Å². The van der Waals surface area contributed by atoms with Gasteiger partial charge in [0.15, 0.2) is 0 Å². The number of hydrogen-bond donors (Lipinski definition) is 2. The average molecular weight is 242 g/mol. The van der Waals surface area contributed by atoms with Gasteiger partial charge in [-0.05, 0) is 41.0 Å². The van der Waals surface area contributed by atoms with Crippen molar-refractivity contribution in [1.82, 2.24) is 10.6 Å². The van der Waals surface area contributed by atoms with E-state index in [0.29, 0.717) is 6.54 Å². The summed E-state index contributed by atoms with van der Waals surface area (Å²) in [5, 5.41) is 5.53. The third-order valence-electron chi connectivity index (χ3n) is 2.74. The van der Waals surface area contributed by atoms with E-state index in [0.717, 1.165) is 6.42 Å². The minimum absolute atomic E-state index is 0.00828. The van der Waals surface area contributed by atoms with Gasteiger partial charge >= 0.3 is 6.09 Å². The minimum Gasteiger partial charge on any atom is -0.444 e. The van der Waals surface area contributed by atoms with E-state index in [1.807, 2.05) is 34.6 Å². The first-order chi connectivity index (χ1) is 7.62. The van der Waals surface area contributed by atoms with Crippen LogP contribution in [0.1, 0.15) is 41.0 Å². The second-order valence-electron chi connectivity index (χ2n) is 5.98. The number of carbonyl (C=O) groups is 2. The van der Waals surface area contributed by atoms with Crippen molar-refractivity contribution in [2.24, 2.45) is 5.92 Å². The molecular weight excluding hydrogens is 220 g/mol. The van der Waals surface area contributed by atoms with E-state index in [1.165, 1.54) is 0 Å². The van der Waals surface area contributed by atoms with Crippen molar-refractivity contribution >= 4 is 12.0 Å². The molecule has 0 aromatic heterocycles. The molecule has 17 heavy (non-hydrogen) atoms. The standard InChI is InChI=1S/C12H22N2O3/c1-11(2,3)17-10(16)14-12(4,5)8-6-7-13-9(8)15/h8H,6-7H2,1-5H3,(H,13,15)(H,14,16). The van der Waals surface area contributed by atoms with Gasteiger partial charge in [-0.3, -0.25) is 4.79 Å². The zero-order valence-corrected chi connectivity index (χ0v) is 11.2. The van der Waals surface area contributed by atoms with Crippen LogP contribution in [0.25, 0.3) is 0 Å². The van der Waals surface area contributed by atoms with Crippen molar-refractivity contribution in [2.45, 2.75) is 52.2 Å². The molecule has 1 atom stereocenters. The normalized spacial score (nSPS) is 21.0. The fourth-order valence-corrected chi connectivity index (χ4v) is 1.94. The number of ether oxygens (including phenoxy) is 1. The molecule has 2 N–H and O–H groups in total. The summed E-state index contributed by atoms with van der Waals surface area (Å²) in [7, 11) is 0. The topological polar surface area (TPSA) is 67.4 Å². The summed E-state index contributed by atoms with van der Waals surface area (Å²) in [5.74, 6) is -0.207. The van der Waals surface area contributed by atoms with Crippen LogP contribution < -0.4 is 10.6 Å². The van der Waals surface area contributed by atoms with E-state index in [9.17, 15) is 9.59 Å². The largest absolute Gasteiger partial charge is 0.444 e. The second kappa shape index (κ2) is 4.55. The van der Waals surface area contributed by atoms with Crippen molar-refractivity contribution < 1.29 is 14.3 Å². The summed E-state index contributed by atoms with van der Waals surface area (Å²) in [6, 6.07) is 0. The molecule has 1 aliphatic rings. The lowest BCUT2D eigenvalue weighted by Gasteiger charge is -2.32. The van der Waals surface area contributed by atoms with E-state index < -0.39 is 17.2 Å². The Kier molecular flexibility index (Phi) is 3.69. The van der Waals surface area contributed by atoms with Crippen molar-refractivity contribution in [2.75, 3.05) is 6.54 Å². The number of amides is 2. The lowest BCUT2D eigenvalue weighted by molar-refractivity contribution is -0.124. The molecule has 1 heterocycles. The molecule has 1 saturated heterocycles. The predicted octanol–water partition coefficient (Wildman–Crippen LogP) is 1.43. The molecule has 1 fully saturated rings. The first-order valence-corrected chi connectivity index (χ1v) is 5.91. The fourth-order valence-electron chi connectivity index (χ4n) is 1.94. The Bertz CT molecular complexity index is 318. The maximum atomic E-state index is 11.7. The number of hydrogen-bond acceptors (Lipinski definition) is 3. The summed E-state index contributed by atoms with van der Waals surface area (Å²) in [5.41, 5.74) is -1.12. The Labute approximate surface area is 102 Å². The van der Waals surface area contributed by atoms with Gasteiger partial charge in [0.25, 0.3) is 0 Å². The van der Waals surface area contributed by atoms with Gasteiger partial charge < -0.3 is 15.4 Å². The SMILES string of the molecule is CC(C)(C)OC(=O)NC(C)(C)C1CCNC1=O. The Morgan fingerprint density at radius 2 is 1.94 bits per heavy atom. The molecule has 0 aromatic carbocycles. The Morgan fingerprint density at radius 3 is 2.35 bits per heavy atom.